The molecule has 1 heterocycles. The molecular formula is C20H20N4O2. The Balaban J connectivity index is 1.69. The number of amides is 2. The molecular weight excluding hydrogens is 328 g/mol. The Bertz CT molecular complexity index is 876. The van der Waals surface area contributed by atoms with Crippen molar-refractivity contribution in [3.05, 3.63) is 84.4 Å². The van der Waals surface area contributed by atoms with Crippen LogP contribution in [0.5, 0.6) is 0 Å². The van der Waals surface area contributed by atoms with E-state index in [4.69, 9.17) is 0 Å². The molecule has 2 aromatic carbocycles. The fourth-order valence-corrected chi connectivity index (χ4v) is 2.53. The molecule has 132 valence electrons. The lowest BCUT2D eigenvalue weighted by Gasteiger charge is -2.15. The van der Waals surface area contributed by atoms with Crippen LogP contribution in [0.25, 0.3) is 0 Å². The van der Waals surface area contributed by atoms with E-state index in [1.165, 1.54) is 0 Å². The number of anilines is 1. The Morgan fingerprint density at radius 3 is 2.54 bits per heavy atom. The van der Waals surface area contributed by atoms with E-state index in [-0.39, 0.29) is 11.8 Å². The summed E-state index contributed by atoms with van der Waals surface area (Å²) in [6.45, 7) is 2.20. The molecule has 1 atom stereocenters. The predicted octanol–water partition coefficient (Wildman–Crippen LogP) is 3.01. The van der Waals surface area contributed by atoms with Crippen molar-refractivity contribution in [1.29, 1.82) is 0 Å². The summed E-state index contributed by atoms with van der Waals surface area (Å²) in [6.07, 6.45) is 4.93. The van der Waals surface area contributed by atoms with Gasteiger partial charge in [0, 0.05) is 18.9 Å². The molecule has 0 radical (unpaired) electrons. The Morgan fingerprint density at radius 1 is 1.08 bits per heavy atom. The van der Waals surface area contributed by atoms with Gasteiger partial charge < -0.3 is 15.2 Å². The molecule has 0 saturated carbocycles. The third-order valence-corrected chi connectivity index (χ3v) is 4.08. The molecule has 3 aromatic rings. The van der Waals surface area contributed by atoms with Gasteiger partial charge in [-0.05, 0) is 24.6 Å². The second kappa shape index (κ2) is 8.11. The van der Waals surface area contributed by atoms with Crippen molar-refractivity contribution in [3.8, 4) is 0 Å². The molecule has 3 rings (SSSR count). The molecule has 0 aliphatic carbocycles. The highest BCUT2D eigenvalue weighted by molar-refractivity contribution is 6.04. The van der Waals surface area contributed by atoms with Crippen molar-refractivity contribution < 1.29 is 9.59 Å². The lowest BCUT2D eigenvalue weighted by atomic mass is 10.1. The van der Waals surface area contributed by atoms with Crippen LogP contribution in [0.4, 0.5) is 5.69 Å². The van der Waals surface area contributed by atoms with Crippen LogP contribution in [0.3, 0.4) is 0 Å². The van der Waals surface area contributed by atoms with Crippen LogP contribution in [-0.2, 0) is 11.3 Å². The summed E-state index contributed by atoms with van der Waals surface area (Å²) in [7, 11) is 0. The van der Waals surface area contributed by atoms with E-state index in [9.17, 15) is 9.59 Å². The zero-order valence-electron chi connectivity index (χ0n) is 14.4. The largest absolute Gasteiger partial charge is 0.348 e. The van der Waals surface area contributed by atoms with Crippen molar-refractivity contribution in [1.82, 2.24) is 14.9 Å². The quantitative estimate of drug-likeness (QED) is 0.719. The third kappa shape index (κ3) is 4.16. The molecule has 2 N–H and O–H groups in total. The van der Waals surface area contributed by atoms with Crippen molar-refractivity contribution >= 4 is 17.5 Å². The first-order valence-corrected chi connectivity index (χ1v) is 8.34. The highest BCUT2D eigenvalue weighted by Gasteiger charge is 2.17. The Kier molecular flexibility index (Phi) is 5.43. The molecule has 6 nitrogen and oxygen atoms in total. The van der Waals surface area contributed by atoms with Gasteiger partial charge in [-0.2, -0.15) is 0 Å². The van der Waals surface area contributed by atoms with E-state index in [0.717, 1.165) is 5.56 Å². The average molecular weight is 348 g/mol. The molecule has 2 amide bonds. The first-order chi connectivity index (χ1) is 12.6. The second-order valence-electron chi connectivity index (χ2n) is 5.89. The number of imidazole rings is 1. The zero-order chi connectivity index (χ0) is 18.4. The molecule has 0 bridgehead atoms. The van der Waals surface area contributed by atoms with Crippen LogP contribution in [-0.4, -0.2) is 21.4 Å². The molecule has 26 heavy (non-hydrogen) atoms. The van der Waals surface area contributed by atoms with Crippen molar-refractivity contribution in [2.75, 3.05) is 5.32 Å². The molecule has 0 saturated heterocycles. The van der Waals surface area contributed by atoms with Crippen LogP contribution in [0.1, 0.15) is 28.9 Å². The lowest BCUT2D eigenvalue weighted by Crippen LogP contribution is -2.27. The van der Waals surface area contributed by atoms with E-state index in [1.54, 1.807) is 54.5 Å². The average Bonchev–Trinajstić information content (AvgIpc) is 3.21. The van der Waals surface area contributed by atoms with Crippen molar-refractivity contribution in [2.45, 2.75) is 19.5 Å². The summed E-state index contributed by atoms with van der Waals surface area (Å²) in [5.74, 6) is -0.452. The van der Waals surface area contributed by atoms with E-state index in [1.807, 2.05) is 30.3 Å². The summed E-state index contributed by atoms with van der Waals surface area (Å²) < 4.78 is 1.70. The molecule has 1 aromatic heterocycles. The second-order valence-corrected chi connectivity index (χ2v) is 5.89. The number of carbonyl (C=O) groups is 2. The number of aromatic nitrogens is 2. The summed E-state index contributed by atoms with van der Waals surface area (Å²) in [5, 5.41) is 5.71. The fourth-order valence-electron chi connectivity index (χ4n) is 2.53. The number of hydrogen-bond donors (Lipinski definition) is 2. The maximum Gasteiger partial charge on any atom is 0.253 e. The molecule has 0 spiro atoms. The number of hydrogen-bond acceptors (Lipinski definition) is 3. The van der Waals surface area contributed by atoms with Gasteiger partial charge in [0.05, 0.1) is 17.6 Å². The third-order valence-electron chi connectivity index (χ3n) is 4.08. The molecule has 6 heteroatoms. The number of carbonyl (C=O) groups excluding carboxylic acids is 2. The van der Waals surface area contributed by atoms with E-state index >= 15 is 0 Å². The topological polar surface area (TPSA) is 76.0 Å². The number of nitrogens with one attached hydrogen (secondary N) is 2. The van der Waals surface area contributed by atoms with Gasteiger partial charge in [0.25, 0.3) is 5.91 Å². The fraction of sp³-hybridized carbons (Fsp3) is 0.150. The van der Waals surface area contributed by atoms with Crippen LogP contribution >= 0.6 is 0 Å². The van der Waals surface area contributed by atoms with E-state index < -0.39 is 6.04 Å². The summed E-state index contributed by atoms with van der Waals surface area (Å²) in [4.78, 5) is 29.0. The number of nitrogens with zero attached hydrogens (tertiary/aromatic N) is 2. The predicted molar refractivity (Wildman–Crippen MR) is 99.6 cm³/mol. The first-order valence-electron chi connectivity index (χ1n) is 8.34. The smallest absolute Gasteiger partial charge is 0.253 e. The summed E-state index contributed by atoms with van der Waals surface area (Å²) in [6, 6.07) is 16.2. The summed E-state index contributed by atoms with van der Waals surface area (Å²) >= 11 is 0. The van der Waals surface area contributed by atoms with Gasteiger partial charge in [0.15, 0.2) is 0 Å². The first kappa shape index (κ1) is 17.4. The van der Waals surface area contributed by atoms with Gasteiger partial charge >= 0.3 is 0 Å². The van der Waals surface area contributed by atoms with Crippen LogP contribution in [0.2, 0.25) is 0 Å². The molecule has 1 unspecified atom stereocenters. The monoisotopic (exact) mass is 348 g/mol. The van der Waals surface area contributed by atoms with Gasteiger partial charge in [-0.25, -0.2) is 4.98 Å². The molecule has 0 fully saturated rings. The van der Waals surface area contributed by atoms with Crippen LogP contribution in [0.15, 0.2) is 73.3 Å². The zero-order valence-corrected chi connectivity index (χ0v) is 14.4. The highest BCUT2D eigenvalue weighted by atomic mass is 16.2. The van der Waals surface area contributed by atoms with Crippen molar-refractivity contribution in [2.24, 2.45) is 0 Å². The standard InChI is InChI=1S/C20H20N4O2/c1-15(24-12-11-21-14-24)19(25)23-18-10-6-5-9-17(18)20(26)22-13-16-7-3-2-4-8-16/h2-12,14-15H,13H2,1H3,(H,22,26)(H,23,25). The Labute approximate surface area is 151 Å². The van der Waals surface area contributed by atoms with Crippen molar-refractivity contribution in [3.63, 3.8) is 0 Å². The van der Waals surface area contributed by atoms with E-state index in [2.05, 4.69) is 15.6 Å². The normalized spacial score (nSPS) is 11.6. The highest BCUT2D eigenvalue weighted by Crippen LogP contribution is 2.17. The van der Waals surface area contributed by atoms with Gasteiger partial charge in [-0.3, -0.25) is 9.59 Å². The lowest BCUT2D eigenvalue weighted by molar-refractivity contribution is -0.118. The Morgan fingerprint density at radius 2 is 1.81 bits per heavy atom. The maximum atomic E-state index is 12.5. The minimum absolute atomic E-state index is 0.216. The van der Waals surface area contributed by atoms with Gasteiger partial charge in [0.2, 0.25) is 5.91 Å². The number of rotatable bonds is 6. The number of para-hydroxylation sites is 1. The van der Waals surface area contributed by atoms with Crippen LogP contribution < -0.4 is 10.6 Å². The van der Waals surface area contributed by atoms with Gasteiger partial charge in [-0.15, -0.1) is 0 Å². The maximum absolute atomic E-state index is 12.5. The molecule has 0 aliphatic rings. The summed E-state index contributed by atoms with van der Waals surface area (Å²) in [5.41, 5.74) is 1.92. The SMILES string of the molecule is CC(C(=O)Nc1ccccc1C(=O)NCc1ccccc1)n1ccnc1. The molecule has 0 aliphatic heterocycles. The minimum atomic E-state index is -0.432. The van der Waals surface area contributed by atoms with Gasteiger partial charge in [-0.1, -0.05) is 42.5 Å². The van der Waals surface area contributed by atoms with Crippen LogP contribution in [0, 0.1) is 0 Å². The van der Waals surface area contributed by atoms with E-state index in [0.29, 0.717) is 17.8 Å². The minimum Gasteiger partial charge on any atom is -0.348 e. The van der Waals surface area contributed by atoms with Gasteiger partial charge in [0.1, 0.15) is 6.04 Å². The number of benzene rings is 2. The Hall–Kier alpha value is -3.41.